The second-order valence-corrected chi connectivity index (χ2v) is 32.4. The number of carbonyl (C=O) groups excluding carboxylic acids is 4. The molecule has 0 saturated carbocycles. The lowest BCUT2D eigenvalue weighted by Crippen LogP contribution is -2.30. The van der Waals surface area contributed by atoms with E-state index in [0.29, 0.717) is 25.7 Å². The summed E-state index contributed by atoms with van der Waals surface area (Å²) in [5.41, 5.74) is 0. The van der Waals surface area contributed by atoms with E-state index in [9.17, 15) is 43.2 Å². The second-order valence-electron chi connectivity index (χ2n) is 29.5. The number of phosphoric ester groups is 2. The van der Waals surface area contributed by atoms with Crippen molar-refractivity contribution in [1.82, 2.24) is 0 Å². The van der Waals surface area contributed by atoms with E-state index in [1.54, 1.807) is 0 Å². The van der Waals surface area contributed by atoms with E-state index in [2.05, 4.69) is 48.5 Å². The minimum Gasteiger partial charge on any atom is -0.462 e. The van der Waals surface area contributed by atoms with Gasteiger partial charge in [0.25, 0.3) is 0 Å². The third kappa shape index (κ3) is 72.2. The summed E-state index contributed by atoms with van der Waals surface area (Å²) in [6.07, 6.45) is 55.5. The molecule has 17 nitrogen and oxygen atoms in total. The summed E-state index contributed by atoms with van der Waals surface area (Å²) in [6.45, 7) is 11.9. The Balaban J connectivity index is 5.26. The number of hydrogen-bond donors (Lipinski definition) is 3. The van der Waals surface area contributed by atoms with Crippen LogP contribution in [-0.4, -0.2) is 96.7 Å². The summed E-state index contributed by atoms with van der Waals surface area (Å²) in [5, 5.41) is 10.6. The van der Waals surface area contributed by atoms with Crippen LogP contribution in [0.15, 0.2) is 0 Å². The summed E-state index contributed by atoms with van der Waals surface area (Å²) in [6, 6.07) is 0. The van der Waals surface area contributed by atoms with Crippen molar-refractivity contribution in [2.24, 2.45) is 17.8 Å². The minimum atomic E-state index is -4.96. The molecule has 0 aromatic rings. The van der Waals surface area contributed by atoms with E-state index in [1.807, 2.05) is 0 Å². The van der Waals surface area contributed by atoms with Crippen molar-refractivity contribution in [3.05, 3.63) is 0 Å². The highest BCUT2D eigenvalue weighted by atomic mass is 31.2. The lowest BCUT2D eigenvalue weighted by Gasteiger charge is -2.21. The molecule has 0 rings (SSSR count). The van der Waals surface area contributed by atoms with E-state index in [4.69, 9.17) is 37.0 Å². The van der Waals surface area contributed by atoms with E-state index in [1.165, 1.54) is 212 Å². The Labute approximate surface area is 594 Å². The quantitative estimate of drug-likeness (QED) is 0.0222. The van der Waals surface area contributed by atoms with Crippen LogP contribution in [0.2, 0.25) is 0 Å². The summed E-state index contributed by atoms with van der Waals surface area (Å²) >= 11 is 0. The van der Waals surface area contributed by atoms with Gasteiger partial charge in [-0.15, -0.1) is 0 Å². The second kappa shape index (κ2) is 68.5. The van der Waals surface area contributed by atoms with Crippen LogP contribution in [0, 0.1) is 17.8 Å². The van der Waals surface area contributed by atoms with E-state index in [0.717, 1.165) is 108 Å². The molecule has 0 aliphatic heterocycles. The van der Waals surface area contributed by atoms with E-state index in [-0.39, 0.29) is 25.7 Å². The fraction of sp³-hybridized carbons (Fsp3) is 0.949. The van der Waals surface area contributed by atoms with Crippen LogP contribution in [0.4, 0.5) is 0 Å². The maximum Gasteiger partial charge on any atom is 0.472 e. The Hall–Kier alpha value is -1.94. The number of hydrogen-bond acceptors (Lipinski definition) is 15. The lowest BCUT2D eigenvalue weighted by molar-refractivity contribution is -0.161. The van der Waals surface area contributed by atoms with Crippen molar-refractivity contribution < 1.29 is 80.2 Å². The summed E-state index contributed by atoms with van der Waals surface area (Å²) in [7, 11) is -9.92. The topological polar surface area (TPSA) is 237 Å². The molecular formula is C78H152O17P2. The van der Waals surface area contributed by atoms with E-state index >= 15 is 0 Å². The van der Waals surface area contributed by atoms with Crippen LogP contribution in [0.1, 0.15) is 402 Å². The van der Waals surface area contributed by atoms with Gasteiger partial charge >= 0.3 is 39.5 Å². The van der Waals surface area contributed by atoms with Crippen molar-refractivity contribution in [3.63, 3.8) is 0 Å². The van der Waals surface area contributed by atoms with Gasteiger partial charge in [-0.1, -0.05) is 350 Å². The first-order valence-electron chi connectivity index (χ1n) is 40.3. The molecule has 576 valence electrons. The summed E-state index contributed by atoms with van der Waals surface area (Å²) in [5.74, 6) is 0.159. The molecule has 0 fully saturated rings. The molecule has 19 heteroatoms. The Morgan fingerprint density at radius 1 is 0.278 bits per heavy atom. The largest absolute Gasteiger partial charge is 0.472 e. The molecule has 97 heavy (non-hydrogen) atoms. The third-order valence-electron chi connectivity index (χ3n) is 18.1. The maximum absolute atomic E-state index is 13.1. The highest BCUT2D eigenvalue weighted by Crippen LogP contribution is 2.45. The predicted molar refractivity (Wildman–Crippen MR) is 395 cm³/mol. The van der Waals surface area contributed by atoms with Gasteiger partial charge in [-0.3, -0.25) is 37.3 Å². The standard InChI is InChI=1S/C78H152O17P2/c1-8-9-10-11-12-13-14-15-16-17-21-24-30-38-45-52-59-75(80)88-65-73(94-77(82)61-54-47-40-31-25-22-19-18-20-23-28-35-42-49-56-69(2)3)67-92-96(84,85)90-63-72(79)64-91-97(86,87)93-68-74(66-89-76(81)60-53-46-39-34-33-37-44-51-58-71(6)7)95-78(83)62-55-48-41-32-27-26-29-36-43-50-57-70(4)5/h69-74,79H,8-68H2,1-7H3,(H,84,85)(H,86,87)/t72-,73-,74-/m1/s1. The lowest BCUT2D eigenvalue weighted by atomic mass is 10.0. The van der Waals surface area contributed by atoms with Crippen LogP contribution in [0.25, 0.3) is 0 Å². The average Bonchev–Trinajstić information content (AvgIpc) is 1.06. The van der Waals surface area contributed by atoms with Crippen molar-refractivity contribution in [2.75, 3.05) is 39.6 Å². The number of phosphoric acid groups is 2. The van der Waals surface area contributed by atoms with Crippen molar-refractivity contribution in [2.45, 2.75) is 420 Å². The van der Waals surface area contributed by atoms with Crippen molar-refractivity contribution in [1.29, 1.82) is 0 Å². The van der Waals surface area contributed by atoms with Crippen LogP contribution < -0.4 is 0 Å². The molecule has 0 spiro atoms. The molecule has 3 N–H and O–H groups in total. The Kier molecular flexibility index (Phi) is 67.1. The van der Waals surface area contributed by atoms with Gasteiger partial charge < -0.3 is 33.8 Å². The highest BCUT2D eigenvalue weighted by molar-refractivity contribution is 7.47. The first-order valence-corrected chi connectivity index (χ1v) is 43.3. The monoisotopic (exact) mass is 1420 g/mol. The zero-order valence-corrected chi connectivity index (χ0v) is 65.3. The number of carbonyl (C=O) groups is 4. The van der Waals surface area contributed by atoms with E-state index < -0.39 is 97.5 Å². The molecule has 0 aromatic carbocycles. The highest BCUT2D eigenvalue weighted by Gasteiger charge is 2.30. The van der Waals surface area contributed by atoms with Gasteiger partial charge in [-0.2, -0.15) is 0 Å². The van der Waals surface area contributed by atoms with Gasteiger partial charge in [0, 0.05) is 25.7 Å². The molecule has 5 atom stereocenters. The molecule has 0 aromatic heterocycles. The minimum absolute atomic E-state index is 0.105. The number of rotatable bonds is 76. The maximum atomic E-state index is 13.1. The molecule has 0 saturated heterocycles. The van der Waals surface area contributed by atoms with Gasteiger partial charge in [0.1, 0.15) is 19.3 Å². The molecule has 2 unspecified atom stereocenters. The van der Waals surface area contributed by atoms with Gasteiger partial charge in [-0.25, -0.2) is 9.13 Å². The molecule has 0 bridgehead atoms. The van der Waals surface area contributed by atoms with Gasteiger partial charge in [0.05, 0.1) is 26.4 Å². The van der Waals surface area contributed by atoms with Crippen LogP contribution in [-0.2, 0) is 65.4 Å². The normalized spacial score (nSPS) is 14.0. The number of esters is 4. The van der Waals surface area contributed by atoms with Crippen molar-refractivity contribution >= 4 is 39.5 Å². The average molecular weight is 1420 g/mol. The fourth-order valence-electron chi connectivity index (χ4n) is 12.0. The first kappa shape index (κ1) is 95.1. The molecule has 0 amide bonds. The van der Waals surface area contributed by atoms with Crippen LogP contribution >= 0.6 is 15.6 Å². The van der Waals surface area contributed by atoms with Crippen molar-refractivity contribution in [3.8, 4) is 0 Å². The summed E-state index contributed by atoms with van der Waals surface area (Å²) in [4.78, 5) is 72.9. The fourth-order valence-corrected chi connectivity index (χ4v) is 13.5. The predicted octanol–water partition coefficient (Wildman–Crippen LogP) is 23.0. The number of aliphatic hydroxyl groups is 1. The van der Waals surface area contributed by atoms with Gasteiger partial charge in [-0.05, 0) is 43.4 Å². The summed E-state index contributed by atoms with van der Waals surface area (Å²) < 4.78 is 68.6. The first-order chi connectivity index (χ1) is 46.7. The van der Waals surface area contributed by atoms with Crippen LogP contribution in [0.5, 0.6) is 0 Å². The van der Waals surface area contributed by atoms with Crippen LogP contribution in [0.3, 0.4) is 0 Å². The Morgan fingerprint density at radius 2 is 0.474 bits per heavy atom. The number of aliphatic hydroxyl groups excluding tert-OH is 1. The smallest absolute Gasteiger partial charge is 0.462 e. The Morgan fingerprint density at radius 3 is 0.701 bits per heavy atom. The number of unbranched alkanes of at least 4 members (excludes halogenated alkanes) is 44. The molecule has 0 aliphatic rings. The number of ether oxygens (including phenoxy) is 4. The SMILES string of the molecule is CCCCCCCCCCCCCCCCCCC(=O)OC[C@H](COP(=O)(O)OC[C@@H](O)COP(=O)(O)OC[C@@H](COC(=O)CCCCCCCCCCC(C)C)OC(=O)CCCCCCCCCCCCC(C)C)OC(=O)CCCCCCCCCCCCCCCCC(C)C. The zero-order chi connectivity index (χ0) is 71.6. The molecule has 0 heterocycles. The zero-order valence-electron chi connectivity index (χ0n) is 63.5. The molecular weight excluding hydrogens is 1270 g/mol. The molecule has 0 radical (unpaired) electrons. The molecule has 0 aliphatic carbocycles. The van der Waals surface area contributed by atoms with Gasteiger partial charge in [0.15, 0.2) is 12.2 Å². The van der Waals surface area contributed by atoms with Gasteiger partial charge in [0.2, 0.25) is 0 Å². The third-order valence-corrected chi connectivity index (χ3v) is 20.0. The Bertz CT molecular complexity index is 1890.